The van der Waals surface area contributed by atoms with E-state index in [9.17, 15) is 0 Å². The molecule has 0 amide bonds. The second-order valence-electron chi connectivity index (χ2n) is 3.38. The summed E-state index contributed by atoms with van der Waals surface area (Å²) in [5.41, 5.74) is 1.31. The van der Waals surface area contributed by atoms with Crippen LogP contribution >= 0.6 is 0 Å². The van der Waals surface area contributed by atoms with Gasteiger partial charge < -0.3 is 0 Å². The van der Waals surface area contributed by atoms with E-state index in [4.69, 9.17) is 0 Å². The van der Waals surface area contributed by atoms with Crippen molar-refractivity contribution < 1.29 is 0 Å². The predicted molar refractivity (Wildman–Crippen MR) is 43.3 cm³/mol. The van der Waals surface area contributed by atoms with Gasteiger partial charge in [0, 0.05) is 12.4 Å². The molecule has 0 spiro atoms. The second-order valence-corrected chi connectivity index (χ2v) is 3.38. The Morgan fingerprint density at radius 1 is 1.36 bits per heavy atom. The zero-order chi connectivity index (χ0) is 7.84. The van der Waals surface area contributed by atoms with Gasteiger partial charge in [0.2, 0.25) is 0 Å². The molecule has 1 aromatic rings. The minimum atomic E-state index is 0.746. The van der Waals surface area contributed by atoms with Gasteiger partial charge in [0.15, 0.2) is 0 Å². The maximum atomic E-state index is 4.16. The molecule has 58 valence electrons. The lowest BCUT2D eigenvalue weighted by Gasteiger charge is -1.96. The average Bonchev–Trinajstić information content (AvgIpc) is 2.69. The molecule has 1 aliphatic rings. The van der Waals surface area contributed by atoms with Crippen molar-refractivity contribution in [1.82, 2.24) is 9.97 Å². The molecule has 2 atom stereocenters. The molecule has 1 fully saturated rings. The van der Waals surface area contributed by atoms with E-state index in [1.54, 1.807) is 0 Å². The van der Waals surface area contributed by atoms with Crippen molar-refractivity contribution in [2.45, 2.75) is 26.2 Å². The highest BCUT2D eigenvalue weighted by atomic mass is 14.8. The fourth-order valence-electron chi connectivity index (χ4n) is 1.38. The van der Waals surface area contributed by atoms with Crippen molar-refractivity contribution in [3.05, 3.63) is 23.8 Å². The summed E-state index contributed by atoms with van der Waals surface area (Å²) in [7, 11) is 0. The lowest BCUT2D eigenvalue weighted by molar-refractivity contribution is 0.891. The second kappa shape index (κ2) is 2.29. The molecule has 1 heterocycles. The lowest BCUT2D eigenvalue weighted by Crippen LogP contribution is -1.89. The highest BCUT2D eigenvalue weighted by Gasteiger charge is 2.34. The van der Waals surface area contributed by atoms with E-state index >= 15 is 0 Å². The minimum absolute atomic E-state index is 0.746. The van der Waals surface area contributed by atoms with E-state index in [0.29, 0.717) is 0 Å². The molecule has 1 saturated carbocycles. The van der Waals surface area contributed by atoms with Crippen LogP contribution in [-0.4, -0.2) is 9.97 Å². The first-order valence-electron chi connectivity index (χ1n) is 4.06. The summed E-state index contributed by atoms with van der Waals surface area (Å²) in [4.78, 5) is 8.33. The standard InChI is InChI=1S/C9H12N2/c1-6-3-9(6)8-4-10-7(2)11-5-8/h4-6,9H,3H2,1-2H3. The molecular weight excluding hydrogens is 136 g/mol. The topological polar surface area (TPSA) is 25.8 Å². The van der Waals surface area contributed by atoms with Crippen LogP contribution < -0.4 is 0 Å². The highest BCUT2D eigenvalue weighted by Crippen LogP contribution is 2.46. The Labute approximate surface area is 66.7 Å². The lowest BCUT2D eigenvalue weighted by atomic mass is 10.2. The third-order valence-electron chi connectivity index (χ3n) is 2.34. The molecule has 11 heavy (non-hydrogen) atoms. The largest absolute Gasteiger partial charge is 0.241 e. The molecule has 0 radical (unpaired) electrons. The SMILES string of the molecule is Cc1ncc(C2CC2C)cn1. The molecule has 0 bridgehead atoms. The maximum absolute atomic E-state index is 4.16. The van der Waals surface area contributed by atoms with Gasteiger partial charge in [0.05, 0.1) is 0 Å². The van der Waals surface area contributed by atoms with Gasteiger partial charge >= 0.3 is 0 Å². The predicted octanol–water partition coefficient (Wildman–Crippen LogP) is 1.91. The van der Waals surface area contributed by atoms with Crippen molar-refractivity contribution in [2.75, 3.05) is 0 Å². The van der Waals surface area contributed by atoms with Gasteiger partial charge in [-0.15, -0.1) is 0 Å². The third kappa shape index (κ3) is 1.25. The van der Waals surface area contributed by atoms with Gasteiger partial charge in [-0.2, -0.15) is 0 Å². The van der Waals surface area contributed by atoms with E-state index in [0.717, 1.165) is 17.7 Å². The van der Waals surface area contributed by atoms with Crippen molar-refractivity contribution in [3.63, 3.8) is 0 Å². The number of rotatable bonds is 1. The number of hydrogen-bond donors (Lipinski definition) is 0. The first-order valence-corrected chi connectivity index (χ1v) is 4.06. The molecular formula is C9H12N2. The molecule has 1 aromatic heterocycles. The fourth-order valence-corrected chi connectivity index (χ4v) is 1.38. The normalized spacial score (nSPS) is 28.5. The fraction of sp³-hybridized carbons (Fsp3) is 0.556. The summed E-state index contributed by atoms with van der Waals surface area (Å²) < 4.78 is 0. The Hall–Kier alpha value is -0.920. The van der Waals surface area contributed by atoms with Crippen LogP contribution in [0.5, 0.6) is 0 Å². The zero-order valence-electron chi connectivity index (χ0n) is 6.91. The summed E-state index contributed by atoms with van der Waals surface area (Å²) in [5, 5.41) is 0. The first kappa shape index (κ1) is 6.77. The Morgan fingerprint density at radius 3 is 2.36 bits per heavy atom. The van der Waals surface area contributed by atoms with Crippen LogP contribution in [-0.2, 0) is 0 Å². The summed E-state index contributed by atoms with van der Waals surface area (Å²) >= 11 is 0. The molecule has 0 N–H and O–H groups in total. The summed E-state index contributed by atoms with van der Waals surface area (Å²) in [6, 6.07) is 0. The van der Waals surface area contributed by atoms with Crippen LogP contribution in [0.2, 0.25) is 0 Å². The van der Waals surface area contributed by atoms with Gasteiger partial charge in [0.25, 0.3) is 0 Å². The van der Waals surface area contributed by atoms with Crippen LogP contribution in [0, 0.1) is 12.8 Å². The van der Waals surface area contributed by atoms with E-state index in [2.05, 4.69) is 16.9 Å². The number of aromatic nitrogens is 2. The Bertz CT molecular complexity index is 253. The smallest absolute Gasteiger partial charge is 0.125 e. The summed E-state index contributed by atoms with van der Waals surface area (Å²) in [6.07, 6.45) is 5.22. The molecule has 0 aliphatic heterocycles. The average molecular weight is 148 g/mol. The van der Waals surface area contributed by atoms with E-state index in [1.807, 2.05) is 19.3 Å². The van der Waals surface area contributed by atoms with Crippen molar-refractivity contribution in [2.24, 2.45) is 5.92 Å². The first-order chi connectivity index (χ1) is 5.27. The quantitative estimate of drug-likeness (QED) is 0.608. The van der Waals surface area contributed by atoms with E-state index in [1.165, 1.54) is 12.0 Å². The molecule has 1 aliphatic carbocycles. The van der Waals surface area contributed by atoms with Crippen molar-refractivity contribution in [3.8, 4) is 0 Å². The zero-order valence-corrected chi connectivity index (χ0v) is 6.91. The molecule has 2 heteroatoms. The van der Waals surface area contributed by atoms with Crippen LogP contribution in [0.1, 0.15) is 30.7 Å². The van der Waals surface area contributed by atoms with E-state index < -0.39 is 0 Å². The van der Waals surface area contributed by atoms with E-state index in [-0.39, 0.29) is 0 Å². The highest BCUT2D eigenvalue weighted by molar-refractivity contribution is 5.19. The monoisotopic (exact) mass is 148 g/mol. The maximum Gasteiger partial charge on any atom is 0.125 e. The van der Waals surface area contributed by atoms with Gasteiger partial charge in [0.1, 0.15) is 5.82 Å². The van der Waals surface area contributed by atoms with Crippen LogP contribution in [0.4, 0.5) is 0 Å². The van der Waals surface area contributed by atoms with Crippen molar-refractivity contribution in [1.29, 1.82) is 0 Å². The Balaban J connectivity index is 2.21. The summed E-state index contributed by atoms with van der Waals surface area (Å²) in [5.74, 6) is 2.46. The third-order valence-corrected chi connectivity index (χ3v) is 2.34. The van der Waals surface area contributed by atoms with Gasteiger partial charge in [-0.3, -0.25) is 0 Å². The number of aryl methyl sites for hydroxylation is 1. The Kier molecular flexibility index (Phi) is 1.41. The van der Waals surface area contributed by atoms with Crippen molar-refractivity contribution >= 4 is 0 Å². The number of hydrogen-bond acceptors (Lipinski definition) is 2. The van der Waals surface area contributed by atoms with Crippen LogP contribution in [0.3, 0.4) is 0 Å². The molecule has 2 rings (SSSR count). The van der Waals surface area contributed by atoms with Crippen LogP contribution in [0.25, 0.3) is 0 Å². The molecule has 0 saturated heterocycles. The van der Waals surface area contributed by atoms with Gasteiger partial charge in [-0.05, 0) is 30.7 Å². The molecule has 0 aromatic carbocycles. The van der Waals surface area contributed by atoms with Gasteiger partial charge in [-0.1, -0.05) is 6.92 Å². The minimum Gasteiger partial charge on any atom is -0.241 e. The Morgan fingerprint density at radius 2 is 1.91 bits per heavy atom. The van der Waals surface area contributed by atoms with Gasteiger partial charge in [-0.25, -0.2) is 9.97 Å². The molecule has 2 unspecified atom stereocenters. The molecule has 2 nitrogen and oxygen atoms in total. The summed E-state index contributed by atoms with van der Waals surface area (Å²) in [6.45, 7) is 4.19. The van der Waals surface area contributed by atoms with Crippen LogP contribution in [0.15, 0.2) is 12.4 Å². The number of nitrogens with zero attached hydrogens (tertiary/aromatic N) is 2.